The van der Waals surface area contributed by atoms with Crippen LogP contribution in [0.5, 0.6) is 0 Å². The molecule has 1 aromatic heterocycles. The predicted octanol–water partition coefficient (Wildman–Crippen LogP) is 3.19. The first-order valence-electron chi connectivity index (χ1n) is 6.62. The number of carbonyl (C=O) groups excluding carboxylic acids is 1. The average Bonchev–Trinajstić information content (AvgIpc) is 2.45. The molecule has 3 N–H and O–H groups in total. The molecule has 0 amide bonds. The van der Waals surface area contributed by atoms with Gasteiger partial charge < -0.3 is 15.8 Å². The van der Waals surface area contributed by atoms with E-state index >= 15 is 0 Å². The number of hydrogen-bond acceptors (Lipinski definition) is 5. The Balaban J connectivity index is 2.51. The normalized spacial score (nSPS) is 12.4. The van der Waals surface area contributed by atoms with Gasteiger partial charge in [-0.15, -0.1) is 0 Å². The summed E-state index contributed by atoms with van der Waals surface area (Å²) in [7, 11) is 1.38. The molecule has 5 nitrogen and oxygen atoms in total. The van der Waals surface area contributed by atoms with Crippen molar-refractivity contribution in [3.8, 4) is 0 Å². The van der Waals surface area contributed by atoms with Gasteiger partial charge in [-0.2, -0.15) is 0 Å². The first-order chi connectivity index (χ1) is 9.93. The largest absolute Gasteiger partial charge is 0.467 e. The zero-order valence-electron chi connectivity index (χ0n) is 12.2. The van der Waals surface area contributed by atoms with Gasteiger partial charge in [0.25, 0.3) is 0 Å². The van der Waals surface area contributed by atoms with Crippen molar-refractivity contribution in [2.24, 2.45) is 5.92 Å². The van der Waals surface area contributed by atoms with Crippen molar-refractivity contribution < 1.29 is 9.53 Å². The number of benzene rings is 1. The molecule has 112 valence electrons. The quantitative estimate of drug-likeness (QED) is 0.827. The van der Waals surface area contributed by atoms with Gasteiger partial charge in [-0.25, -0.2) is 4.79 Å². The second kappa shape index (κ2) is 6.30. The number of nitrogen functional groups attached to an aromatic ring is 1. The van der Waals surface area contributed by atoms with Gasteiger partial charge in [0.2, 0.25) is 0 Å². The molecule has 2 aromatic rings. The van der Waals surface area contributed by atoms with Crippen LogP contribution in [0, 0.1) is 5.92 Å². The zero-order chi connectivity index (χ0) is 15.6. The first-order valence-corrected chi connectivity index (χ1v) is 7.41. The molecule has 0 radical (unpaired) electrons. The molecule has 0 bridgehead atoms. The van der Waals surface area contributed by atoms with E-state index in [2.05, 4.69) is 26.2 Å². The number of hydrogen-bond donors (Lipinski definition) is 2. The number of anilines is 2. The van der Waals surface area contributed by atoms with Gasteiger partial charge in [-0.05, 0) is 24.1 Å². The monoisotopic (exact) mass is 351 g/mol. The van der Waals surface area contributed by atoms with E-state index in [1.54, 1.807) is 6.20 Å². The lowest BCUT2D eigenvalue weighted by Gasteiger charge is -2.22. The molecular formula is C15H18BrN3O2. The second-order valence-corrected chi connectivity index (χ2v) is 6.05. The summed E-state index contributed by atoms with van der Waals surface area (Å²) in [6, 6.07) is 5.26. The summed E-state index contributed by atoms with van der Waals surface area (Å²) in [6.07, 6.45) is 1.59. The van der Waals surface area contributed by atoms with E-state index in [1.165, 1.54) is 7.11 Å². The van der Waals surface area contributed by atoms with Gasteiger partial charge >= 0.3 is 5.97 Å². The maximum Gasteiger partial charge on any atom is 0.328 e. The smallest absolute Gasteiger partial charge is 0.328 e. The predicted molar refractivity (Wildman–Crippen MR) is 88.1 cm³/mol. The molecule has 0 aliphatic rings. The van der Waals surface area contributed by atoms with Crippen molar-refractivity contribution in [2.75, 3.05) is 18.2 Å². The van der Waals surface area contributed by atoms with Crippen LogP contribution in [0.2, 0.25) is 0 Å². The number of fused-ring (bicyclic) bond motifs is 1. The number of pyridine rings is 1. The SMILES string of the molecule is COC(=O)C(Nc1c(N)cnc2ccc(Br)cc12)C(C)C. The molecule has 1 unspecified atom stereocenters. The Labute approximate surface area is 132 Å². The number of methoxy groups -OCH3 is 1. The Morgan fingerprint density at radius 3 is 2.76 bits per heavy atom. The molecule has 21 heavy (non-hydrogen) atoms. The van der Waals surface area contributed by atoms with Crippen LogP contribution in [0.25, 0.3) is 10.9 Å². The van der Waals surface area contributed by atoms with Crippen LogP contribution in [0.3, 0.4) is 0 Å². The summed E-state index contributed by atoms with van der Waals surface area (Å²) in [4.78, 5) is 16.2. The standard InChI is InChI=1S/C15H18BrN3O2/c1-8(2)13(15(20)21-3)19-14-10-6-9(16)4-5-12(10)18-7-11(14)17/h4-8,13H,17H2,1-3H3,(H,18,19). The lowest BCUT2D eigenvalue weighted by Crippen LogP contribution is -2.35. The number of esters is 1. The molecular weight excluding hydrogens is 334 g/mol. The Morgan fingerprint density at radius 1 is 1.43 bits per heavy atom. The summed E-state index contributed by atoms with van der Waals surface area (Å²) in [6.45, 7) is 3.90. The van der Waals surface area contributed by atoms with Gasteiger partial charge in [0.15, 0.2) is 0 Å². The third kappa shape index (κ3) is 3.26. The molecule has 2 rings (SSSR count). The number of rotatable bonds is 4. The van der Waals surface area contributed by atoms with E-state index in [0.29, 0.717) is 11.4 Å². The van der Waals surface area contributed by atoms with Gasteiger partial charge in [-0.1, -0.05) is 29.8 Å². The van der Waals surface area contributed by atoms with Crippen molar-refractivity contribution in [1.29, 1.82) is 0 Å². The van der Waals surface area contributed by atoms with Crippen LogP contribution in [0.4, 0.5) is 11.4 Å². The van der Waals surface area contributed by atoms with E-state index in [9.17, 15) is 4.79 Å². The first kappa shape index (κ1) is 15.6. The van der Waals surface area contributed by atoms with Crippen molar-refractivity contribution in [3.63, 3.8) is 0 Å². The van der Waals surface area contributed by atoms with Gasteiger partial charge in [0.05, 0.1) is 30.2 Å². The molecule has 6 heteroatoms. The third-order valence-corrected chi connectivity index (χ3v) is 3.77. The van der Waals surface area contributed by atoms with Gasteiger partial charge in [-0.3, -0.25) is 4.98 Å². The van der Waals surface area contributed by atoms with Crippen molar-refractivity contribution >= 4 is 44.2 Å². The number of nitrogens with one attached hydrogen (secondary N) is 1. The Morgan fingerprint density at radius 2 is 2.14 bits per heavy atom. The number of aromatic nitrogens is 1. The number of carbonyl (C=O) groups is 1. The van der Waals surface area contributed by atoms with Crippen molar-refractivity contribution in [3.05, 3.63) is 28.9 Å². The number of nitrogens with zero attached hydrogens (tertiary/aromatic N) is 1. The maximum absolute atomic E-state index is 11.9. The van der Waals surface area contributed by atoms with Crippen molar-refractivity contribution in [1.82, 2.24) is 4.98 Å². The van der Waals surface area contributed by atoms with Crippen LogP contribution < -0.4 is 11.1 Å². The fraction of sp³-hybridized carbons (Fsp3) is 0.333. The summed E-state index contributed by atoms with van der Waals surface area (Å²) in [5, 5.41) is 4.07. The molecule has 1 heterocycles. The summed E-state index contributed by atoms with van der Waals surface area (Å²) in [5.74, 6) is -0.253. The minimum Gasteiger partial charge on any atom is -0.467 e. The number of nitrogens with two attached hydrogens (primary N) is 1. The molecule has 0 spiro atoms. The molecule has 0 saturated heterocycles. The Kier molecular flexibility index (Phi) is 4.67. The van der Waals surface area contributed by atoms with E-state index in [-0.39, 0.29) is 11.9 Å². The highest BCUT2D eigenvalue weighted by Crippen LogP contribution is 2.31. The molecule has 1 atom stereocenters. The number of halogens is 1. The van der Waals surface area contributed by atoms with Gasteiger partial charge in [0.1, 0.15) is 6.04 Å². The summed E-state index contributed by atoms with van der Waals surface area (Å²) in [5.41, 5.74) is 8.04. The lowest BCUT2D eigenvalue weighted by molar-refractivity contribution is -0.142. The van der Waals surface area contributed by atoms with Crippen LogP contribution in [-0.2, 0) is 9.53 Å². The Bertz CT molecular complexity index is 668. The van der Waals surface area contributed by atoms with Crippen LogP contribution in [-0.4, -0.2) is 24.1 Å². The van der Waals surface area contributed by atoms with Crippen molar-refractivity contribution in [2.45, 2.75) is 19.9 Å². The zero-order valence-corrected chi connectivity index (χ0v) is 13.8. The highest BCUT2D eigenvalue weighted by molar-refractivity contribution is 9.10. The maximum atomic E-state index is 11.9. The van der Waals surface area contributed by atoms with Crippen LogP contribution in [0.15, 0.2) is 28.9 Å². The lowest BCUT2D eigenvalue weighted by atomic mass is 10.0. The third-order valence-electron chi connectivity index (χ3n) is 3.28. The molecule has 0 aliphatic carbocycles. The van der Waals surface area contributed by atoms with E-state index in [0.717, 1.165) is 15.4 Å². The molecule has 0 saturated carbocycles. The summed E-state index contributed by atoms with van der Waals surface area (Å²) >= 11 is 3.44. The minimum atomic E-state index is -0.470. The van der Waals surface area contributed by atoms with Crippen LogP contribution in [0.1, 0.15) is 13.8 Å². The second-order valence-electron chi connectivity index (χ2n) is 5.14. The van der Waals surface area contributed by atoms with Crippen LogP contribution >= 0.6 is 15.9 Å². The average molecular weight is 352 g/mol. The summed E-state index contributed by atoms with van der Waals surface area (Å²) < 4.78 is 5.78. The van der Waals surface area contributed by atoms with E-state index in [1.807, 2.05) is 32.0 Å². The topological polar surface area (TPSA) is 77.2 Å². The highest BCUT2D eigenvalue weighted by atomic mass is 79.9. The van der Waals surface area contributed by atoms with E-state index < -0.39 is 6.04 Å². The fourth-order valence-electron chi connectivity index (χ4n) is 2.12. The molecule has 1 aromatic carbocycles. The molecule has 0 aliphatic heterocycles. The number of ether oxygens (including phenoxy) is 1. The van der Waals surface area contributed by atoms with E-state index in [4.69, 9.17) is 10.5 Å². The fourth-order valence-corrected chi connectivity index (χ4v) is 2.48. The minimum absolute atomic E-state index is 0.0622. The molecule has 0 fully saturated rings. The van der Waals surface area contributed by atoms with Gasteiger partial charge in [0, 0.05) is 9.86 Å². The highest BCUT2D eigenvalue weighted by Gasteiger charge is 2.24. The Hall–Kier alpha value is -1.82.